The Morgan fingerprint density at radius 1 is 1.04 bits per heavy atom. The first-order valence-electron chi connectivity index (χ1n) is 7.99. The first-order valence-corrected chi connectivity index (χ1v) is 9.22. The molecular formula is C22H23N2NaS. The van der Waals surface area contributed by atoms with Crippen LogP contribution < -0.4 is 40.0 Å². The van der Waals surface area contributed by atoms with Gasteiger partial charge < -0.3 is 10.5 Å². The summed E-state index contributed by atoms with van der Waals surface area (Å²) in [6, 6.07) is 26.6. The molecule has 128 valence electrons. The maximum atomic E-state index is 4.61. The summed E-state index contributed by atoms with van der Waals surface area (Å²) >= 11 is 1.60. The van der Waals surface area contributed by atoms with Gasteiger partial charge >= 0.3 is 29.6 Å². The molecule has 4 heteroatoms. The van der Waals surface area contributed by atoms with Crippen LogP contribution in [0.1, 0.15) is 5.56 Å². The Bertz CT molecular complexity index is 802. The summed E-state index contributed by atoms with van der Waals surface area (Å²) in [6.45, 7) is 5.25. The van der Waals surface area contributed by atoms with Crippen molar-refractivity contribution in [1.82, 2.24) is 0 Å². The second-order valence-corrected chi connectivity index (χ2v) is 6.06. The molecule has 0 atom stereocenters. The Kier molecular flexibility index (Phi) is 10.2. The molecule has 0 heterocycles. The second-order valence-electron chi connectivity index (χ2n) is 5.44. The zero-order valence-corrected chi connectivity index (χ0v) is 18.4. The first-order chi connectivity index (χ1) is 12.2. The van der Waals surface area contributed by atoms with E-state index in [1.165, 1.54) is 28.5 Å². The molecule has 0 spiro atoms. The minimum absolute atomic E-state index is 0. The van der Waals surface area contributed by atoms with Gasteiger partial charge in [0.2, 0.25) is 0 Å². The Morgan fingerprint density at radius 2 is 1.69 bits per heavy atom. The average molecular weight is 370 g/mol. The number of benzene rings is 3. The summed E-state index contributed by atoms with van der Waals surface area (Å²) in [5, 5.41) is 0. The topological polar surface area (TPSA) is 38.0 Å². The van der Waals surface area contributed by atoms with E-state index >= 15 is 0 Å². The van der Waals surface area contributed by atoms with Gasteiger partial charge in [0.25, 0.3) is 0 Å². The van der Waals surface area contributed by atoms with E-state index in [1.807, 2.05) is 24.5 Å². The molecule has 0 saturated carbocycles. The molecule has 2 nitrogen and oxygen atoms in total. The van der Waals surface area contributed by atoms with Crippen LogP contribution in [0, 0.1) is 13.0 Å². The van der Waals surface area contributed by atoms with Crippen LogP contribution >= 0.6 is 11.9 Å². The van der Waals surface area contributed by atoms with Crippen molar-refractivity contribution in [3.8, 4) is 22.3 Å². The Hall–Kier alpha value is -1.65. The molecule has 0 unspecified atom stereocenters. The van der Waals surface area contributed by atoms with E-state index in [0.717, 1.165) is 11.3 Å². The Morgan fingerprint density at radius 3 is 2.27 bits per heavy atom. The van der Waals surface area contributed by atoms with E-state index in [1.54, 1.807) is 11.9 Å². The van der Waals surface area contributed by atoms with Gasteiger partial charge in [0.05, 0.1) is 0 Å². The number of hydrogen-bond acceptors (Lipinski definition) is 3. The van der Waals surface area contributed by atoms with Gasteiger partial charge in [0.1, 0.15) is 0 Å². The van der Waals surface area contributed by atoms with Crippen LogP contribution in [0.25, 0.3) is 22.3 Å². The van der Waals surface area contributed by atoms with Crippen molar-refractivity contribution in [2.24, 2.45) is 5.73 Å². The monoisotopic (exact) mass is 370 g/mol. The molecule has 0 bridgehead atoms. The van der Waals surface area contributed by atoms with Crippen LogP contribution in [0.3, 0.4) is 0 Å². The van der Waals surface area contributed by atoms with Crippen molar-refractivity contribution in [2.45, 2.75) is 6.92 Å². The molecule has 0 aliphatic rings. The third kappa shape index (κ3) is 6.26. The molecule has 0 radical (unpaired) electrons. The summed E-state index contributed by atoms with van der Waals surface area (Å²) in [5.74, 6) is 0. The van der Waals surface area contributed by atoms with Crippen LogP contribution in [0.4, 0.5) is 5.69 Å². The molecule has 0 aliphatic carbocycles. The van der Waals surface area contributed by atoms with E-state index in [4.69, 9.17) is 0 Å². The SMILES string of the molecule is C=CN.CSNc1ccc(-c2ccc(C)cc2)cc1-c1[c-]cccc1.[Na+]. The zero-order valence-electron chi connectivity index (χ0n) is 15.6. The summed E-state index contributed by atoms with van der Waals surface area (Å²) in [5.41, 5.74) is 11.7. The second kappa shape index (κ2) is 11.9. The number of anilines is 1. The quantitative estimate of drug-likeness (QED) is 0.421. The van der Waals surface area contributed by atoms with Crippen LogP contribution in [0.15, 0.2) is 79.5 Å². The van der Waals surface area contributed by atoms with Crippen molar-refractivity contribution in [2.75, 3.05) is 11.0 Å². The standard InChI is InChI=1S/C20H18NS.C2H5N.Na/c1-15-8-10-16(11-9-15)18-12-13-20(21-22-2)19(14-18)17-6-4-3-5-7-17;1-2-3;/h3-6,8-14,21H,1-2H3;2H,1,3H2;/q-1;;+1. The van der Waals surface area contributed by atoms with Crippen LogP contribution in [0.5, 0.6) is 0 Å². The van der Waals surface area contributed by atoms with Gasteiger partial charge in [-0.3, -0.25) is 0 Å². The molecule has 3 aromatic rings. The number of aryl methyl sites for hydroxylation is 1. The zero-order chi connectivity index (χ0) is 18.1. The third-order valence-electron chi connectivity index (χ3n) is 3.62. The fourth-order valence-electron chi connectivity index (χ4n) is 2.45. The van der Waals surface area contributed by atoms with E-state index in [2.05, 4.69) is 78.6 Å². The summed E-state index contributed by atoms with van der Waals surface area (Å²) in [6.07, 6.45) is 3.28. The van der Waals surface area contributed by atoms with Crippen molar-refractivity contribution in [1.29, 1.82) is 0 Å². The Balaban J connectivity index is 0.000000791. The van der Waals surface area contributed by atoms with Crippen molar-refractivity contribution >= 4 is 17.6 Å². The maximum Gasteiger partial charge on any atom is 1.00 e. The predicted molar refractivity (Wildman–Crippen MR) is 112 cm³/mol. The fraction of sp³-hybridized carbons (Fsp3) is 0.0909. The van der Waals surface area contributed by atoms with Gasteiger partial charge in [-0.2, -0.15) is 0 Å². The van der Waals surface area contributed by atoms with Crippen molar-refractivity contribution in [3.05, 3.63) is 91.1 Å². The fourth-order valence-corrected chi connectivity index (χ4v) is 2.85. The summed E-state index contributed by atoms with van der Waals surface area (Å²) in [7, 11) is 0. The van der Waals surface area contributed by atoms with Gasteiger partial charge in [-0.05, 0) is 30.3 Å². The van der Waals surface area contributed by atoms with Crippen LogP contribution in [-0.2, 0) is 0 Å². The number of hydrogen-bond donors (Lipinski definition) is 2. The van der Waals surface area contributed by atoms with Crippen LogP contribution in [-0.4, -0.2) is 6.26 Å². The molecule has 26 heavy (non-hydrogen) atoms. The van der Waals surface area contributed by atoms with Gasteiger partial charge in [-0.1, -0.05) is 66.1 Å². The van der Waals surface area contributed by atoms with Crippen molar-refractivity contribution in [3.63, 3.8) is 0 Å². The molecule has 0 saturated heterocycles. The van der Waals surface area contributed by atoms with E-state index < -0.39 is 0 Å². The molecular weight excluding hydrogens is 347 g/mol. The predicted octanol–water partition coefficient (Wildman–Crippen LogP) is 2.91. The van der Waals surface area contributed by atoms with Crippen LogP contribution in [0.2, 0.25) is 0 Å². The number of nitrogens with one attached hydrogen (secondary N) is 1. The molecule has 3 N–H and O–H groups in total. The number of rotatable bonds is 4. The molecule has 0 aliphatic heterocycles. The Labute approximate surface area is 183 Å². The van der Waals surface area contributed by atoms with Gasteiger partial charge in [-0.25, -0.2) is 0 Å². The maximum absolute atomic E-state index is 4.61. The van der Waals surface area contributed by atoms with Gasteiger partial charge in [0, 0.05) is 11.9 Å². The number of nitrogens with two attached hydrogens (primary N) is 1. The minimum Gasteiger partial charge on any atom is -0.405 e. The summed E-state index contributed by atoms with van der Waals surface area (Å²) < 4.78 is 3.36. The average Bonchev–Trinajstić information content (AvgIpc) is 2.64. The van der Waals surface area contributed by atoms with Gasteiger partial charge in [-0.15, -0.1) is 35.9 Å². The molecule has 3 rings (SSSR count). The summed E-state index contributed by atoms with van der Waals surface area (Å²) in [4.78, 5) is 0. The van der Waals surface area contributed by atoms with E-state index in [9.17, 15) is 0 Å². The third-order valence-corrected chi connectivity index (χ3v) is 4.04. The normalized spacial score (nSPS) is 9.31. The van der Waals surface area contributed by atoms with Gasteiger partial charge in [0.15, 0.2) is 0 Å². The molecule has 3 aromatic carbocycles. The minimum atomic E-state index is 0. The van der Waals surface area contributed by atoms with Crippen molar-refractivity contribution < 1.29 is 29.6 Å². The van der Waals surface area contributed by atoms with E-state index in [0.29, 0.717) is 0 Å². The molecule has 0 fully saturated rings. The molecule has 0 amide bonds. The first kappa shape index (κ1) is 22.4. The largest absolute Gasteiger partial charge is 1.00 e. The smallest absolute Gasteiger partial charge is 0.405 e. The van der Waals surface area contributed by atoms with E-state index in [-0.39, 0.29) is 29.6 Å². The molecule has 0 aromatic heterocycles.